The lowest BCUT2D eigenvalue weighted by Gasteiger charge is -2.05. The Morgan fingerprint density at radius 3 is 3.00 bits per heavy atom. The highest BCUT2D eigenvalue weighted by atomic mass is 16.1. The molecule has 5 nitrogen and oxygen atoms in total. The van der Waals surface area contributed by atoms with Crippen LogP contribution in [0.3, 0.4) is 0 Å². The van der Waals surface area contributed by atoms with Crippen molar-refractivity contribution in [3.05, 3.63) is 46.1 Å². The summed E-state index contributed by atoms with van der Waals surface area (Å²) in [4.78, 5) is 22.3. The summed E-state index contributed by atoms with van der Waals surface area (Å²) in [5.74, 6) is 0.535. The van der Waals surface area contributed by atoms with Gasteiger partial charge in [-0.05, 0) is 18.6 Å². The Kier molecular flexibility index (Phi) is 2.78. The maximum atomic E-state index is 11.4. The van der Waals surface area contributed by atoms with Gasteiger partial charge in [-0.25, -0.2) is 4.98 Å². The fourth-order valence-electron chi connectivity index (χ4n) is 1.48. The molecule has 0 aliphatic rings. The summed E-state index contributed by atoms with van der Waals surface area (Å²) in [6.45, 7) is 2.17. The van der Waals surface area contributed by atoms with E-state index in [-0.39, 0.29) is 12.1 Å². The van der Waals surface area contributed by atoms with E-state index in [2.05, 4.69) is 15.0 Å². The molecule has 0 spiro atoms. The standard InChI is InChI=1S/C11H12N4O/c1-7-6-13-3-2-9(7)11-14-8(5-12)4-10(16)15-11/h2-4,6H,5,12H2,1H3,(H,14,15,16). The predicted octanol–water partition coefficient (Wildman–Crippen LogP) is 0.599. The highest BCUT2D eigenvalue weighted by Gasteiger charge is 2.05. The molecule has 0 aliphatic carbocycles. The minimum atomic E-state index is -0.193. The second kappa shape index (κ2) is 4.24. The number of H-pyrrole nitrogens is 1. The second-order valence-corrected chi connectivity index (χ2v) is 3.48. The van der Waals surface area contributed by atoms with Crippen molar-refractivity contribution >= 4 is 0 Å². The number of nitrogens with two attached hydrogens (primary N) is 1. The summed E-state index contributed by atoms with van der Waals surface area (Å²) in [5, 5.41) is 0. The molecule has 2 heterocycles. The topological polar surface area (TPSA) is 84.7 Å². The van der Waals surface area contributed by atoms with Crippen LogP contribution in [0.4, 0.5) is 0 Å². The van der Waals surface area contributed by atoms with Gasteiger partial charge < -0.3 is 10.7 Å². The number of pyridine rings is 1. The van der Waals surface area contributed by atoms with Gasteiger partial charge >= 0.3 is 0 Å². The molecule has 0 unspecified atom stereocenters. The number of hydrogen-bond acceptors (Lipinski definition) is 4. The van der Waals surface area contributed by atoms with E-state index in [0.29, 0.717) is 11.5 Å². The van der Waals surface area contributed by atoms with Crippen LogP contribution in [0.1, 0.15) is 11.3 Å². The molecular weight excluding hydrogens is 204 g/mol. The Morgan fingerprint density at radius 2 is 2.31 bits per heavy atom. The molecule has 0 amide bonds. The quantitative estimate of drug-likeness (QED) is 0.769. The third kappa shape index (κ3) is 1.99. The van der Waals surface area contributed by atoms with E-state index >= 15 is 0 Å². The summed E-state index contributed by atoms with van der Waals surface area (Å²) >= 11 is 0. The van der Waals surface area contributed by atoms with Gasteiger partial charge in [-0.15, -0.1) is 0 Å². The Hall–Kier alpha value is -2.01. The number of rotatable bonds is 2. The molecule has 2 aromatic rings. The van der Waals surface area contributed by atoms with Gasteiger partial charge in [-0.2, -0.15) is 0 Å². The van der Waals surface area contributed by atoms with Crippen LogP contribution in [0.2, 0.25) is 0 Å². The highest BCUT2D eigenvalue weighted by Crippen LogP contribution is 2.16. The van der Waals surface area contributed by atoms with Gasteiger partial charge in [0, 0.05) is 30.6 Å². The molecule has 2 rings (SSSR count). The van der Waals surface area contributed by atoms with Crippen LogP contribution in [0.5, 0.6) is 0 Å². The molecule has 0 atom stereocenters. The van der Waals surface area contributed by atoms with Crippen molar-refractivity contribution in [1.29, 1.82) is 0 Å². The van der Waals surface area contributed by atoms with E-state index in [1.54, 1.807) is 12.4 Å². The minimum Gasteiger partial charge on any atom is -0.325 e. The Balaban J connectivity index is 2.60. The van der Waals surface area contributed by atoms with E-state index in [9.17, 15) is 4.79 Å². The molecule has 0 bridgehead atoms. The van der Waals surface area contributed by atoms with E-state index in [1.165, 1.54) is 6.07 Å². The zero-order chi connectivity index (χ0) is 11.5. The normalized spacial score (nSPS) is 10.4. The summed E-state index contributed by atoms with van der Waals surface area (Å²) in [7, 11) is 0. The van der Waals surface area contributed by atoms with E-state index in [1.807, 2.05) is 13.0 Å². The Labute approximate surface area is 92.4 Å². The van der Waals surface area contributed by atoms with Crippen molar-refractivity contribution in [2.24, 2.45) is 5.73 Å². The summed E-state index contributed by atoms with van der Waals surface area (Å²) in [6, 6.07) is 3.22. The average Bonchev–Trinajstić information content (AvgIpc) is 2.28. The zero-order valence-electron chi connectivity index (χ0n) is 8.90. The summed E-state index contributed by atoms with van der Waals surface area (Å²) < 4.78 is 0. The van der Waals surface area contributed by atoms with Crippen molar-refractivity contribution in [2.45, 2.75) is 13.5 Å². The van der Waals surface area contributed by atoms with Crippen molar-refractivity contribution in [2.75, 3.05) is 0 Å². The van der Waals surface area contributed by atoms with Gasteiger partial charge in [0.2, 0.25) is 0 Å². The molecule has 0 saturated carbocycles. The average molecular weight is 216 g/mol. The van der Waals surface area contributed by atoms with Gasteiger partial charge in [-0.1, -0.05) is 0 Å². The van der Waals surface area contributed by atoms with Crippen LogP contribution in [0.25, 0.3) is 11.4 Å². The van der Waals surface area contributed by atoms with Crippen LogP contribution < -0.4 is 11.3 Å². The maximum Gasteiger partial charge on any atom is 0.251 e. The molecule has 5 heteroatoms. The van der Waals surface area contributed by atoms with Crippen molar-refractivity contribution in [3.63, 3.8) is 0 Å². The fourth-order valence-corrected chi connectivity index (χ4v) is 1.48. The molecule has 0 aliphatic heterocycles. The maximum absolute atomic E-state index is 11.4. The molecule has 0 saturated heterocycles. The monoisotopic (exact) mass is 216 g/mol. The molecule has 0 aromatic carbocycles. The number of hydrogen-bond donors (Lipinski definition) is 2. The number of nitrogens with zero attached hydrogens (tertiary/aromatic N) is 2. The molecule has 2 aromatic heterocycles. The molecule has 82 valence electrons. The number of aromatic nitrogens is 3. The fraction of sp³-hybridized carbons (Fsp3) is 0.182. The van der Waals surface area contributed by atoms with E-state index in [4.69, 9.17) is 5.73 Å². The number of aryl methyl sites for hydroxylation is 1. The van der Waals surface area contributed by atoms with Crippen molar-refractivity contribution < 1.29 is 0 Å². The van der Waals surface area contributed by atoms with Gasteiger partial charge in [0.05, 0.1) is 5.69 Å². The first-order valence-corrected chi connectivity index (χ1v) is 4.92. The lowest BCUT2D eigenvalue weighted by molar-refractivity contribution is 0.954. The van der Waals surface area contributed by atoms with Gasteiger partial charge in [0.15, 0.2) is 0 Å². The third-order valence-electron chi connectivity index (χ3n) is 2.28. The Bertz CT molecular complexity index is 562. The van der Waals surface area contributed by atoms with E-state index < -0.39 is 0 Å². The second-order valence-electron chi connectivity index (χ2n) is 3.48. The van der Waals surface area contributed by atoms with E-state index in [0.717, 1.165) is 11.1 Å². The van der Waals surface area contributed by atoms with Crippen LogP contribution in [-0.4, -0.2) is 15.0 Å². The number of aromatic amines is 1. The molecule has 3 N–H and O–H groups in total. The molecule has 0 fully saturated rings. The highest BCUT2D eigenvalue weighted by molar-refractivity contribution is 5.58. The molecular formula is C11H12N4O. The van der Waals surface area contributed by atoms with Crippen molar-refractivity contribution in [1.82, 2.24) is 15.0 Å². The Morgan fingerprint density at radius 1 is 1.50 bits per heavy atom. The molecule has 0 radical (unpaired) electrons. The first kappa shape index (κ1) is 10.5. The van der Waals surface area contributed by atoms with Crippen LogP contribution in [-0.2, 0) is 6.54 Å². The smallest absolute Gasteiger partial charge is 0.251 e. The number of nitrogens with one attached hydrogen (secondary N) is 1. The van der Waals surface area contributed by atoms with Gasteiger partial charge in [0.1, 0.15) is 5.82 Å². The summed E-state index contributed by atoms with van der Waals surface area (Å²) in [5.41, 5.74) is 7.68. The van der Waals surface area contributed by atoms with Crippen LogP contribution in [0.15, 0.2) is 29.3 Å². The first-order chi connectivity index (χ1) is 7.70. The van der Waals surface area contributed by atoms with Gasteiger partial charge in [0.25, 0.3) is 5.56 Å². The van der Waals surface area contributed by atoms with Crippen LogP contribution >= 0.6 is 0 Å². The first-order valence-electron chi connectivity index (χ1n) is 4.92. The largest absolute Gasteiger partial charge is 0.325 e. The SMILES string of the molecule is Cc1cnccc1-c1nc(CN)cc(=O)[nH]1. The lowest BCUT2D eigenvalue weighted by Crippen LogP contribution is -2.13. The van der Waals surface area contributed by atoms with Crippen LogP contribution in [0, 0.1) is 6.92 Å². The van der Waals surface area contributed by atoms with Crippen molar-refractivity contribution in [3.8, 4) is 11.4 Å². The minimum absolute atomic E-state index is 0.193. The lowest BCUT2D eigenvalue weighted by atomic mass is 10.1. The van der Waals surface area contributed by atoms with Gasteiger partial charge in [-0.3, -0.25) is 9.78 Å². The predicted molar refractivity (Wildman–Crippen MR) is 60.7 cm³/mol. The summed E-state index contributed by atoms with van der Waals surface area (Å²) in [6.07, 6.45) is 3.39. The zero-order valence-corrected chi connectivity index (χ0v) is 8.90. The molecule has 16 heavy (non-hydrogen) atoms. The third-order valence-corrected chi connectivity index (χ3v) is 2.28.